The van der Waals surface area contributed by atoms with Crippen LogP contribution in [0.25, 0.3) is 0 Å². The maximum atomic E-state index is 13.0. The van der Waals surface area contributed by atoms with Gasteiger partial charge >= 0.3 is 0 Å². The van der Waals surface area contributed by atoms with Gasteiger partial charge in [-0.1, -0.05) is 18.6 Å². The van der Waals surface area contributed by atoms with Crippen molar-refractivity contribution in [3.05, 3.63) is 29.8 Å². The Hall–Kier alpha value is -1.44. The third-order valence-electron chi connectivity index (χ3n) is 5.01. The van der Waals surface area contributed by atoms with Gasteiger partial charge in [0, 0.05) is 19.6 Å². The molecule has 1 aromatic carbocycles. The summed E-state index contributed by atoms with van der Waals surface area (Å²) in [6, 6.07) is 6.54. The molecule has 0 aliphatic carbocycles. The van der Waals surface area contributed by atoms with Gasteiger partial charge in [0.2, 0.25) is 10.0 Å². The van der Waals surface area contributed by atoms with Gasteiger partial charge in [-0.2, -0.15) is 4.31 Å². The van der Waals surface area contributed by atoms with E-state index in [2.05, 4.69) is 10.6 Å². The lowest BCUT2D eigenvalue weighted by molar-refractivity contribution is 0.0941. The quantitative estimate of drug-likeness (QED) is 0.831. The van der Waals surface area contributed by atoms with Gasteiger partial charge < -0.3 is 10.6 Å². The second-order valence-corrected chi connectivity index (χ2v) is 8.79. The molecule has 25 heavy (non-hydrogen) atoms. The molecule has 6 nitrogen and oxygen atoms in total. The van der Waals surface area contributed by atoms with Crippen molar-refractivity contribution in [3.63, 3.8) is 0 Å². The number of nitrogens with zero attached hydrogens (tertiary/aromatic N) is 1. The van der Waals surface area contributed by atoms with Crippen molar-refractivity contribution in [1.29, 1.82) is 0 Å². The molecule has 0 bridgehead atoms. The van der Waals surface area contributed by atoms with Crippen molar-refractivity contribution < 1.29 is 13.2 Å². The van der Waals surface area contributed by atoms with Gasteiger partial charge in [-0.25, -0.2) is 8.42 Å². The second kappa shape index (κ2) is 8.29. The summed E-state index contributed by atoms with van der Waals surface area (Å²) in [5, 5.41) is 6.25. The van der Waals surface area contributed by atoms with Crippen molar-refractivity contribution in [2.75, 3.05) is 32.7 Å². The van der Waals surface area contributed by atoms with E-state index in [1.165, 1.54) is 4.31 Å². The van der Waals surface area contributed by atoms with Crippen LogP contribution in [-0.2, 0) is 10.0 Å². The van der Waals surface area contributed by atoms with Crippen molar-refractivity contribution in [2.45, 2.75) is 37.0 Å². The van der Waals surface area contributed by atoms with Crippen LogP contribution in [0.3, 0.4) is 0 Å². The number of hydrogen-bond acceptors (Lipinski definition) is 4. The van der Waals surface area contributed by atoms with Crippen molar-refractivity contribution in [3.8, 4) is 0 Å². The first-order valence-corrected chi connectivity index (χ1v) is 10.6. The SMILES string of the molecule is O=C(NCC1CCCNC1)c1ccccc1S(=O)(=O)N1CCCCC1. The number of rotatable bonds is 5. The zero-order valence-electron chi connectivity index (χ0n) is 14.5. The van der Waals surface area contributed by atoms with Gasteiger partial charge in [-0.05, 0) is 56.8 Å². The summed E-state index contributed by atoms with van der Waals surface area (Å²) in [6.07, 6.45) is 5.01. The molecule has 2 aliphatic heterocycles. The lowest BCUT2D eigenvalue weighted by atomic mass is 10.00. The Kier molecular flexibility index (Phi) is 6.09. The van der Waals surface area contributed by atoms with Gasteiger partial charge in [-0.15, -0.1) is 0 Å². The van der Waals surface area contributed by atoms with Crippen LogP contribution in [0, 0.1) is 5.92 Å². The first kappa shape index (κ1) is 18.4. The second-order valence-electron chi connectivity index (χ2n) is 6.88. The first-order chi connectivity index (χ1) is 12.1. The molecule has 2 aliphatic rings. The highest BCUT2D eigenvalue weighted by atomic mass is 32.2. The smallest absolute Gasteiger partial charge is 0.252 e. The average molecular weight is 365 g/mol. The summed E-state index contributed by atoms with van der Waals surface area (Å²) in [7, 11) is -3.62. The van der Waals surface area contributed by atoms with E-state index in [9.17, 15) is 13.2 Å². The van der Waals surface area contributed by atoms with Crippen LogP contribution in [0.2, 0.25) is 0 Å². The zero-order chi connectivity index (χ0) is 17.7. The Labute approximate surface area is 150 Å². The Morgan fingerprint density at radius 2 is 1.92 bits per heavy atom. The summed E-state index contributed by atoms with van der Waals surface area (Å²) >= 11 is 0. The molecular formula is C18H27N3O3S. The number of hydrogen-bond donors (Lipinski definition) is 2. The number of nitrogens with one attached hydrogen (secondary N) is 2. The van der Waals surface area contributed by atoms with Crippen LogP contribution in [0.15, 0.2) is 29.2 Å². The normalized spacial score (nSPS) is 22.5. The average Bonchev–Trinajstić information content (AvgIpc) is 2.67. The molecule has 2 N–H and O–H groups in total. The predicted molar refractivity (Wildman–Crippen MR) is 97.0 cm³/mol. The fourth-order valence-electron chi connectivity index (χ4n) is 3.55. The molecule has 138 valence electrons. The van der Waals surface area contributed by atoms with E-state index in [1.807, 2.05) is 0 Å². The van der Waals surface area contributed by atoms with Crippen LogP contribution in [-0.4, -0.2) is 51.4 Å². The standard InChI is InChI=1S/C18H27N3O3S/c22-18(20-14-15-7-6-10-19-13-15)16-8-2-3-9-17(16)25(23,24)21-11-4-1-5-12-21/h2-3,8-9,15,19H,1,4-7,10-14H2,(H,20,22). The molecule has 0 saturated carbocycles. The van der Waals surface area contributed by atoms with E-state index in [0.717, 1.165) is 45.2 Å². The summed E-state index contributed by atoms with van der Waals surface area (Å²) < 4.78 is 27.4. The van der Waals surface area contributed by atoms with E-state index >= 15 is 0 Å². The molecule has 0 radical (unpaired) electrons. The Balaban J connectivity index is 1.74. The molecule has 2 saturated heterocycles. The van der Waals surface area contributed by atoms with E-state index in [4.69, 9.17) is 0 Å². The molecule has 1 unspecified atom stereocenters. The topological polar surface area (TPSA) is 78.5 Å². The highest BCUT2D eigenvalue weighted by molar-refractivity contribution is 7.89. The van der Waals surface area contributed by atoms with Crippen LogP contribution >= 0.6 is 0 Å². The van der Waals surface area contributed by atoms with Gasteiger partial charge in [0.15, 0.2) is 0 Å². The van der Waals surface area contributed by atoms with Crippen LogP contribution in [0.5, 0.6) is 0 Å². The third kappa shape index (κ3) is 4.40. The van der Waals surface area contributed by atoms with Gasteiger partial charge in [0.05, 0.1) is 10.5 Å². The Morgan fingerprint density at radius 1 is 1.16 bits per heavy atom. The van der Waals surface area contributed by atoms with E-state index in [1.54, 1.807) is 24.3 Å². The Morgan fingerprint density at radius 3 is 2.64 bits per heavy atom. The highest BCUT2D eigenvalue weighted by Gasteiger charge is 2.29. The predicted octanol–water partition coefficient (Wildman–Crippen LogP) is 1.59. The number of carbonyl (C=O) groups is 1. The molecule has 0 aromatic heterocycles. The minimum absolute atomic E-state index is 0.121. The van der Waals surface area contributed by atoms with Crippen LogP contribution in [0.4, 0.5) is 0 Å². The molecule has 2 heterocycles. The van der Waals surface area contributed by atoms with Crippen LogP contribution in [0.1, 0.15) is 42.5 Å². The zero-order valence-corrected chi connectivity index (χ0v) is 15.4. The summed E-state index contributed by atoms with van der Waals surface area (Å²) in [6.45, 7) is 3.57. The van der Waals surface area contributed by atoms with E-state index < -0.39 is 10.0 Å². The molecule has 7 heteroatoms. The molecule has 1 amide bonds. The maximum absolute atomic E-state index is 13.0. The molecule has 0 spiro atoms. The number of benzene rings is 1. The highest BCUT2D eigenvalue weighted by Crippen LogP contribution is 2.23. The Bertz CT molecular complexity index is 693. The monoisotopic (exact) mass is 365 g/mol. The minimum atomic E-state index is -3.62. The van der Waals surface area contributed by atoms with Crippen LogP contribution < -0.4 is 10.6 Å². The molecule has 1 aromatic rings. The fraction of sp³-hybridized carbons (Fsp3) is 0.611. The number of piperidine rings is 2. The summed E-state index contributed by atoms with van der Waals surface area (Å²) in [4.78, 5) is 12.7. The molecule has 3 rings (SSSR count). The van der Waals surface area contributed by atoms with Crippen molar-refractivity contribution in [2.24, 2.45) is 5.92 Å². The lowest BCUT2D eigenvalue weighted by Gasteiger charge is -2.27. The molecular weight excluding hydrogens is 338 g/mol. The van der Waals surface area contributed by atoms with Gasteiger partial charge in [0.1, 0.15) is 0 Å². The van der Waals surface area contributed by atoms with Crippen molar-refractivity contribution >= 4 is 15.9 Å². The van der Waals surface area contributed by atoms with Gasteiger partial charge in [-0.3, -0.25) is 4.79 Å². The number of sulfonamides is 1. The molecule has 2 fully saturated rings. The fourth-order valence-corrected chi connectivity index (χ4v) is 5.26. The van der Waals surface area contributed by atoms with Gasteiger partial charge in [0.25, 0.3) is 5.91 Å². The minimum Gasteiger partial charge on any atom is -0.352 e. The van der Waals surface area contributed by atoms with E-state index in [0.29, 0.717) is 25.6 Å². The first-order valence-electron chi connectivity index (χ1n) is 9.17. The third-order valence-corrected chi connectivity index (χ3v) is 6.97. The summed E-state index contributed by atoms with van der Waals surface area (Å²) in [5.74, 6) is 0.102. The largest absolute Gasteiger partial charge is 0.352 e. The van der Waals surface area contributed by atoms with Crippen molar-refractivity contribution in [1.82, 2.24) is 14.9 Å². The number of carbonyl (C=O) groups excluding carboxylic acids is 1. The summed E-state index contributed by atoms with van der Waals surface area (Å²) in [5.41, 5.74) is 0.247. The lowest BCUT2D eigenvalue weighted by Crippen LogP contribution is -2.39. The van der Waals surface area contributed by atoms with E-state index in [-0.39, 0.29) is 16.4 Å². The maximum Gasteiger partial charge on any atom is 0.252 e. The number of amides is 1. The molecule has 1 atom stereocenters.